The van der Waals surface area contributed by atoms with Crippen LogP contribution in [0, 0.1) is 5.92 Å². The molecule has 1 aliphatic rings. The van der Waals surface area contributed by atoms with Crippen LogP contribution in [-0.2, 0) is 9.47 Å². The molecular formula is C12H23NO3. The number of hydrogen-bond donors (Lipinski definition) is 0. The Balaban J connectivity index is 2.44. The first-order valence-corrected chi connectivity index (χ1v) is 5.89. The highest BCUT2D eigenvalue weighted by atomic mass is 16.6. The van der Waals surface area contributed by atoms with Gasteiger partial charge in [-0.05, 0) is 33.6 Å². The zero-order valence-corrected chi connectivity index (χ0v) is 10.8. The van der Waals surface area contributed by atoms with Crippen LogP contribution in [0.5, 0.6) is 0 Å². The number of likely N-dealkylation sites (tertiary alicyclic amines) is 1. The van der Waals surface area contributed by atoms with Crippen molar-refractivity contribution in [1.82, 2.24) is 4.90 Å². The maximum Gasteiger partial charge on any atom is 0.410 e. The van der Waals surface area contributed by atoms with Gasteiger partial charge in [0.25, 0.3) is 0 Å². The van der Waals surface area contributed by atoms with Gasteiger partial charge >= 0.3 is 6.09 Å². The van der Waals surface area contributed by atoms with E-state index in [1.807, 2.05) is 20.8 Å². The van der Waals surface area contributed by atoms with Crippen molar-refractivity contribution in [3.63, 3.8) is 0 Å². The maximum absolute atomic E-state index is 11.8. The van der Waals surface area contributed by atoms with Gasteiger partial charge < -0.3 is 14.4 Å². The van der Waals surface area contributed by atoms with Crippen LogP contribution in [0.3, 0.4) is 0 Å². The van der Waals surface area contributed by atoms with Gasteiger partial charge in [-0.3, -0.25) is 0 Å². The predicted molar refractivity (Wildman–Crippen MR) is 62.4 cm³/mol. The molecule has 1 atom stereocenters. The molecule has 1 aliphatic heterocycles. The fourth-order valence-electron chi connectivity index (χ4n) is 1.93. The Labute approximate surface area is 97.9 Å². The maximum atomic E-state index is 11.8. The molecule has 0 saturated carbocycles. The molecular weight excluding hydrogens is 206 g/mol. The molecule has 0 aromatic heterocycles. The average Bonchev–Trinajstić information content (AvgIpc) is 2.16. The minimum atomic E-state index is -0.411. The van der Waals surface area contributed by atoms with E-state index in [0.29, 0.717) is 5.92 Å². The molecule has 4 heteroatoms. The van der Waals surface area contributed by atoms with Gasteiger partial charge in [0.2, 0.25) is 0 Å². The molecule has 0 aromatic carbocycles. The van der Waals surface area contributed by atoms with Gasteiger partial charge in [0.05, 0.1) is 6.61 Å². The van der Waals surface area contributed by atoms with Crippen molar-refractivity contribution in [2.75, 3.05) is 26.8 Å². The highest BCUT2D eigenvalue weighted by Crippen LogP contribution is 2.19. The molecule has 1 saturated heterocycles. The number of hydrogen-bond acceptors (Lipinski definition) is 3. The van der Waals surface area contributed by atoms with Gasteiger partial charge in [0, 0.05) is 26.1 Å². The number of amides is 1. The SMILES string of the molecule is COC[C@@H]1CCCN(C(=O)OC(C)(C)C)C1. The van der Waals surface area contributed by atoms with Gasteiger partial charge in [0.15, 0.2) is 0 Å². The van der Waals surface area contributed by atoms with Crippen LogP contribution < -0.4 is 0 Å². The lowest BCUT2D eigenvalue weighted by molar-refractivity contribution is 0.0109. The summed E-state index contributed by atoms with van der Waals surface area (Å²) in [6.45, 7) is 7.95. The summed E-state index contributed by atoms with van der Waals surface area (Å²) in [5, 5.41) is 0. The molecule has 1 amide bonds. The minimum Gasteiger partial charge on any atom is -0.444 e. The molecule has 1 rings (SSSR count). The summed E-state index contributed by atoms with van der Waals surface area (Å²) in [6.07, 6.45) is 1.97. The number of piperidine rings is 1. The Kier molecular flexibility index (Phi) is 4.59. The molecule has 0 unspecified atom stereocenters. The summed E-state index contributed by atoms with van der Waals surface area (Å²) >= 11 is 0. The predicted octanol–water partition coefficient (Wildman–Crippen LogP) is 2.28. The summed E-state index contributed by atoms with van der Waals surface area (Å²) in [4.78, 5) is 13.6. The lowest BCUT2D eigenvalue weighted by Gasteiger charge is -2.33. The lowest BCUT2D eigenvalue weighted by Crippen LogP contribution is -2.43. The van der Waals surface area contributed by atoms with Crippen LogP contribution in [0.2, 0.25) is 0 Å². The second-order valence-corrected chi connectivity index (χ2v) is 5.39. The molecule has 4 nitrogen and oxygen atoms in total. The van der Waals surface area contributed by atoms with Crippen LogP contribution in [0.4, 0.5) is 4.79 Å². The quantitative estimate of drug-likeness (QED) is 0.729. The summed E-state index contributed by atoms with van der Waals surface area (Å²) < 4.78 is 10.5. The molecule has 94 valence electrons. The minimum absolute atomic E-state index is 0.201. The van der Waals surface area contributed by atoms with E-state index < -0.39 is 5.60 Å². The van der Waals surface area contributed by atoms with E-state index in [1.54, 1.807) is 12.0 Å². The Morgan fingerprint density at radius 1 is 1.44 bits per heavy atom. The number of rotatable bonds is 2. The van der Waals surface area contributed by atoms with Crippen LogP contribution >= 0.6 is 0 Å². The molecule has 0 radical (unpaired) electrons. The molecule has 0 N–H and O–H groups in total. The summed E-state index contributed by atoms with van der Waals surface area (Å²) in [6, 6.07) is 0. The Morgan fingerprint density at radius 3 is 2.69 bits per heavy atom. The average molecular weight is 229 g/mol. The van der Waals surface area contributed by atoms with Crippen LogP contribution in [0.15, 0.2) is 0 Å². The highest BCUT2D eigenvalue weighted by Gasteiger charge is 2.27. The van der Waals surface area contributed by atoms with Crippen molar-refractivity contribution in [3.05, 3.63) is 0 Å². The van der Waals surface area contributed by atoms with Crippen LogP contribution in [0.1, 0.15) is 33.6 Å². The third-order valence-electron chi connectivity index (χ3n) is 2.57. The molecule has 0 aliphatic carbocycles. The number of nitrogens with zero attached hydrogens (tertiary/aromatic N) is 1. The monoisotopic (exact) mass is 229 g/mol. The van der Waals surface area contributed by atoms with Crippen molar-refractivity contribution in [2.45, 2.75) is 39.2 Å². The zero-order chi connectivity index (χ0) is 12.2. The molecule has 0 bridgehead atoms. The van der Waals surface area contributed by atoms with Crippen LogP contribution in [-0.4, -0.2) is 43.4 Å². The van der Waals surface area contributed by atoms with Gasteiger partial charge in [-0.15, -0.1) is 0 Å². The number of methoxy groups -OCH3 is 1. The van der Waals surface area contributed by atoms with Crippen LogP contribution in [0.25, 0.3) is 0 Å². The van der Waals surface area contributed by atoms with E-state index in [-0.39, 0.29) is 6.09 Å². The first kappa shape index (κ1) is 13.3. The largest absolute Gasteiger partial charge is 0.444 e. The summed E-state index contributed by atoms with van der Waals surface area (Å²) in [5.74, 6) is 0.450. The van der Waals surface area contributed by atoms with Crippen molar-refractivity contribution < 1.29 is 14.3 Å². The van der Waals surface area contributed by atoms with Gasteiger partial charge in [-0.1, -0.05) is 0 Å². The summed E-state index contributed by atoms with van der Waals surface area (Å²) in [5.41, 5.74) is -0.411. The smallest absolute Gasteiger partial charge is 0.410 e. The van der Waals surface area contributed by atoms with Crippen molar-refractivity contribution in [3.8, 4) is 0 Å². The van der Waals surface area contributed by atoms with Crippen molar-refractivity contribution in [2.24, 2.45) is 5.92 Å². The normalized spacial score (nSPS) is 22.0. The van der Waals surface area contributed by atoms with Gasteiger partial charge in [0.1, 0.15) is 5.60 Å². The Hall–Kier alpha value is -0.770. The topological polar surface area (TPSA) is 38.8 Å². The summed E-state index contributed by atoms with van der Waals surface area (Å²) in [7, 11) is 1.70. The van der Waals surface area contributed by atoms with E-state index >= 15 is 0 Å². The lowest BCUT2D eigenvalue weighted by atomic mass is 9.99. The Bertz CT molecular complexity index is 233. The van der Waals surface area contributed by atoms with E-state index in [4.69, 9.17) is 9.47 Å². The number of carbonyl (C=O) groups excluding carboxylic acids is 1. The molecule has 1 fully saturated rings. The number of ether oxygens (including phenoxy) is 2. The molecule has 16 heavy (non-hydrogen) atoms. The van der Waals surface area contributed by atoms with E-state index in [0.717, 1.165) is 32.5 Å². The first-order valence-electron chi connectivity index (χ1n) is 5.89. The zero-order valence-electron chi connectivity index (χ0n) is 10.8. The van der Waals surface area contributed by atoms with Gasteiger partial charge in [-0.25, -0.2) is 4.79 Å². The fourth-order valence-corrected chi connectivity index (χ4v) is 1.93. The number of carbonyl (C=O) groups is 1. The fraction of sp³-hybridized carbons (Fsp3) is 0.917. The first-order chi connectivity index (χ1) is 7.42. The third kappa shape index (κ3) is 4.39. The highest BCUT2D eigenvalue weighted by molar-refractivity contribution is 5.68. The standard InChI is InChI=1S/C12H23NO3/c1-12(2,3)16-11(14)13-7-5-6-10(8-13)9-15-4/h10H,5-9H2,1-4H3/t10-/m1/s1. The van der Waals surface area contributed by atoms with Gasteiger partial charge in [-0.2, -0.15) is 0 Å². The van der Waals surface area contributed by atoms with E-state index in [1.165, 1.54) is 0 Å². The van der Waals surface area contributed by atoms with Crippen molar-refractivity contribution in [1.29, 1.82) is 0 Å². The van der Waals surface area contributed by atoms with Crippen molar-refractivity contribution >= 4 is 6.09 Å². The molecule has 1 heterocycles. The second-order valence-electron chi connectivity index (χ2n) is 5.39. The molecule has 0 aromatic rings. The second kappa shape index (κ2) is 5.53. The molecule has 0 spiro atoms. The third-order valence-corrected chi connectivity index (χ3v) is 2.57. The van der Waals surface area contributed by atoms with E-state index in [9.17, 15) is 4.79 Å². The Morgan fingerprint density at radius 2 is 2.12 bits per heavy atom. The van der Waals surface area contributed by atoms with E-state index in [2.05, 4.69) is 0 Å².